The lowest BCUT2D eigenvalue weighted by Crippen LogP contribution is -1.95. The van der Waals surface area contributed by atoms with Gasteiger partial charge in [0.1, 0.15) is 5.69 Å². The number of hydrogen-bond donors (Lipinski definition) is 2. The standard InChI is InChI=1S/C15H14N4O2S/c1-10-6-18-15(19-10)14-5-12(2-3-17-14)13-4-11(7-16-8-13)9-22(20)21/h2-8H,9H2,1H3,(H,18,19)(H,20,21). The van der Waals surface area contributed by atoms with E-state index in [-0.39, 0.29) is 5.75 Å². The van der Waals surface area contributed by atoms with E-state index in [9.17, 15) is 4.21 Å². The summed E-state index contributed by atoms with van der Waals surface area (Å²) in [6, 6.07) is 5.64. The summed E-state index contributed by atoms with van der Waals surface area (Å²) in [6.45, 7) is 1.93. The van der Waals surface area contributed by atoms with Gasteiger partial charge in [0.05, 0.1) is 5.75 Å². The molecule has 7 heteroatoms. The summed E-state index contributed by atoms with van der Waals surface area (Å²) >= 11 is -1.88. The highest BCUT2D eigenvalue weighted by molar-refractivity contribution is 7.78. The molecule has 0 saturated carbocycles. The Labute approximate surface area is 130 Å². The SMILES string of the molecule is Cc1cnc(-c2cc(-c3cncc(CS(=O)O)c3)ccn2)[nH]1. The highest BCUT2D eigenvalue weighted by atomic mass is 32.2. The predicted octanol–water partition coefficient (Wildman–Crippen LogP) is 2.56. The van der Waals surface area contributed by atoms with Crippen molar-refractivity contribution in [1.29, 1.82) is 0 Å². The molecule has 0 aliphatic carbocycles. The maximum Gasteiger partial charge on any atom is 0.157 e. The van der Waals surface area contributed by atoms with Crippen molar-refractivity contribution in [1.82, 2.24) is 19.9 Å². The average molecular weight is 314 g/mol. The van der Waals surface area contributed by atoms with Gasteiger partial charge in [0.15, 0.2) is 16.9 Å². The van der Waals surface area contributed by atoms with Crippen LogP contribution in [0.15, 0.2) is 43.0 Å². The molecule has 1 atom stereocenters. The molecular weight excluding hydrogens is 300 g/mol. The molecule has 2 N–H and O–H groups in total. The fourth-order valence-corrected chi connectivity index (χ4v) is 2.59. The van der Waals surface area contributed by atoms with Crippen LogP contribution in [-0.4, -0.2) is 28.7 Å². The van der Waals surface area contributed by atoms with Crippen molar-refractivity contribution in [3.63, 3.8) is 0 Å². The van der Waals surface area contributed by atoms with Crippen molar-refractivity contribution in [2.24, 2.45) is 0 Å². The molecule has 0 aliphatic rings. The van der Waals surface area contributed by atoms with Crippen LogP contribution in [0.5, 0.6) is 0 Å². The predicted molar refractivity (Wildman–Crippen MR) is 84.3 cm³/mol. The van der Waals surface area contributed by atoms with Gasteiger partial charge >= 0.3 is 0 Å². The molecule has 3 rings (SSSR count). The van der Waals surface area contributed by atoms with E-state index in [1.165, 1.54) is 0 Å². The van der Waals surface area contributed by atoms with Gasteiger partial charge in [0.2, 0.25) is 0 Å². The van der Waals surface area contributed by atoms with Gasteiger partial charge in [-0.3, -0.25) is 9.97 Å². The number of aromatic nitrogens is 4. The van der Waals surface area contributed by atoms with E-state index >= 15 is 0 Å². The minimum absolute atomic E-state index is 0.0656. The summed E-state index contributed by atoms with van der Waals surface area (Å²) in [5.41, 5.74) is 4.22. The maximum atomic E-state index is 10.9. The van der Waals surface area contributed by atoms with E-state index in [4.69, 9.17) is 4.55 Å². The van der Waals surface area contributed by atoms with E-state index in [1.54, 1.807) is 24.8 Å². The van der Waals surface area contributed by atoms with Crippen LogP contribution < -0.4 is 0 Å². The van der Waals surface area contributed by atoms with Crippen LogP contribution in [0, 0.1) is 6.92 Å². The molecule has 1 unspecified atom stereocenters. The lowest BCUT2D eigenvalue weighted by molar-refractivity contribution is 0.563. The van der Waals surface area contributed by atoms with Crippen LogP contribution >= 0.6 is 0 Å². The molecule has 3 aromatic heterocycles. The van der Waals surface area contributed by atoms with Gasteiger partial charge in [0.25, 0.3) is 0 Å². The molecule has 0 bridgehead atoms. The van der Waals surface area contributed by atoms with Gasteiger partial charge in [-0.25, -0.2) is 9.19 Å². The van der Waals surface area contributed by atoms with E-state index in [0.29, 0.717) is 11.4 Å². The van der Waals surface area contributed by atoms with Crippen LogP contribution in [0.3, 0.4) is 0 Å². The van der Waals surface area contributed by atoms with Gasteiger partial charge in [0, 0.05) is 36.0 Å². The van der Waals surface area contributed by atoms with E-state index in [0.717, 1.165) is 22.5 Å². The zero-order valence-electron chi connectivity index (χ0n) is 11.9. The molecule has 3 heterocycles. The number of aromatic amines is 1. The molecule has 3 aromatic rings. The summed E-state index contributed by atoms with van der Waals surface area (Å²) in [6.07, 6.45) is 6.77. The Kier molecular flexibility index (Phi) is 4.08. The molecule has 6 nitrogen and oxygen atoms in total. The van der Waals surface area contributed by atoms with Gasteiger partial charge < -0.3 is 9.54 Å². The number of imidazole rings is 1. The molecule has 112 valence electrons. The summed E-state index contributed by atoms with van der Waals surface area (Å²) in [5.74, 6) is 0.774. The second-order valence-electron chi connectivity index (χ2n) is 4.89. The van der Waals surface area contributed by atoms with Crippen LogP contribution in [-0.2, 0) is 16.8 Å². The van der Waals surface area contributed by atoms with E-state index in [1.807, 2.05) is 25.1 Å². The lowest BCUT2D eigenvalue weighted by Gasteiger charge is -2.05. The quantitative estimate of drug-likeness (QED) is 0.722. The fraction of sp³-hybridized carbons (Fsp3) is 0.133. The molecule has 0 radical (unpaired) electrons. The lowest BCUT2D eigenvalue weighted by atomic mass is 10.1. The normalized spacial score (nSPS) is 12.3. The van der Waals surface area contributed by atoms with E-state index < -0.39 is 11.1 Å². The first-order valence-corrected chi connectivity index (χ1v) is 7.89. The first-order chi connectivity index (χ1) is 10.6. The third-order valence-corrected chi connectivity index (χ3v) is 3.70. The number of H-pyrrole nitrogens is 1. The largest absolute Gasteiger partial charge is 0.341 e. The monoisotopic (exact) mass is 314 g/mol. The first-order valence-electron chi connectivity index (χ1n) is 6.61. The number of hydrogen-bond acceptors (Lipinski definition) is 4. The smallest absolute Gasteiger partial charge is 0.157 e. The average Bonchev–Trinajstić information content (AvgIpc) is 2.94. The Balaban J connectivity index is 1.97. The van der Waals surface area contributed by atoms with Crippen molar-refractivity contribution in [3.8, 4) is 22.6 Å². The number of pyridine rings is 2. The maximum absolute atomic E-state index is 10.9. The van der Waals surface area contributed by atoms with Gasteiger partial charge in [-0.2, -0.15) is 0 Å². The van der Waals surface area contributed by atoms with Crippen LogP contribution in [0.25, 0.3) is 22.6 Å². The number of rotatable bonds is 4. The highest BCUT2D eigenvalue weighted by Gasteiger charge is 2.07. The minimum atomic E-state index is -1.88. The van der Waals surface area contributed by atoms with Gasteiger partial charge in [-0.1, -0.05) is 0 Å². The van der Waals surface area contributed by atoms with Crippen LogP contribution in [0.1, 0.15) is 11.3 Å². The summed E-state index contributed by atoms with van der Waals surface area (Å²) in [5, 5.41) is 0. The van der Waals surface area contributed by atoms with Crippen molar-refractivity contribution in [3.05, 3.63) is 54.2 Å². The van der Waals surface area contributed by atoms with Gasteiger partial charge in [-0.05, 0) is 36.2 Å². The van der Waals surface area contributed by atoms with Gasteiger partial charge in [-0.15, -0.1) is 0 Å². The Morgan fingerprint density at radius 3 is 2.77 bits per heavy atom. The number of nitrogens with zero attached hydrogens (tertiary/aromatic N) is 3. The molecule has 0 fully saturated rings. The van der Waals surface area contributed by atoms with Crippen molar-refractivity contribution >= 4 is 11.1 Å². The second-order valence-corrected chi connectivity index (χ2v) is 5.82. The van der Waals surface area contributed by atoms with Crippen molar-refractivity contribution in [2.45, 2.75) is 12.7 Å². The Morgan fingerprint density at radius 2 is 2.05 bits per heavy atom. The van der Waals surface area contributed by atoms with Crippen molar-refractivity contribution < 1.29 is 8.76 Å². The second kappa shape index (κ2) is 6.17. The van der Waals surface area contributed by atoms with E-state index in [2.05, 4.69) is 19.9 Å². The summed E-state index contributed by atoms with van der Waals surface area (Å²) in [4.78, 5) is 15.9. The Morgan fingerprint density at radius 1 is 1.18 bits per heavy atom. The van der Waals surface area contributed by atoms with Crippen molar-refractivity contribution in [2.75, 3.05) is 0 Å². The first kappa shape index (κ1) is 14.6. The summed E-state index contributed by atoms with van der Waals surface area (Å²) < 4.78 is 19.9. The highest BCUT2D eigenvalue weighted by Crippen LogP contribution is 2.23. The third-order valence-electron chi connectivity index (χ3n) is 3.12. The minimum Gasteiger partial charge on any atom is -0.341 e. The molecule has 0 saturated heterocycles. The van der Waals surface area contributed by atoms with Crippen LogP contribution in [0.4, 0.5) is 0 Å². The fourth-order valence-electron chi connectivity index (χ4n) is 2.15. The summed E-state index contributed by atoms with van der Waals surface area (Å²) in [7, 11) is 0. The zero-order chi connectivity index (χ0) is 15.5. The molecule has 22 heavy (non-hydrogen) atoms. The number of aryl methyl sites for hydroxylation is 1. The Hall–Kier alpha value is -2.38. The Bertz CT molecular complexity index is 832. The molecular formula is C15H14N4O2S. The number of nitrogens with one attached hydrogen (secondary N) is 1. The van der Waals surface area contributed by atoms with Crippen LogP contribution in [0.2, 0.25) is 0 Å². The molecule has 0 amide bonds. The zero-order valence-corrected chi connectivity index (χ0v) is 12.7. The third kappa shape index (κ3) is 3.26. The molecule has 0 spiro atoms. The molecule has 0 aromatic carbocycles. The topological polar surface area (TPSA) is 91.8 Å². The molecule has 0 aliphatic heterocycles.